The molecular formula is C20H26FN5O4S2. The lowest BCUT2D eigenvalue weighted by Crippen LogP contribution is -2.49. The molecule has 32 heavy (non-hydrogen) atoms. The fourth-order valence-electron chi connectivity index (χ4n) is 3.84. The summed E-state index contributed by atoms with van der Waals surface area (Å²) in [6, 6.07) is 8.52. The molecule has 174 valence electrons. The Morgan fingerprint density at radius 2 is 1.38 bits per heavy atom. The van der Waals surface area contributed by atoms with E-state index < -0.39 is 25.9 Å². The van der Waals surface area contributed by atoms with Crippen molar-refractivity contribution < 1.29 is 21.2 Å². The number of hydrogen-bond donors (Lipinski definition) is 0. The van der Waals surface area contributed by atoms with Gasteiger partial charge in [0.25, 0.3) is 0 Å². The molecule has 2 aliphatic rings. The van der Waals surface area contributed by atoms with E-state index in [1.807, 2.05) is 11.9 Å². The summed E-state index contributed by atoms with van der Waals surface area (Å²) in [5.74, 6) is -0.195. The highest BCUT2D eigenvalue weighted by Gasteiger charge is 2.31. The quantitative estimate of drug-likeness (QED) is 0.617. The molecule has 4 rings (SSSR count). The first kappa shape index (κ1) is 23.1. The van der Waals surface area contributed by atoms with E-state index in [0.29, 0.717) is 45.1 Å². The van der Waals surface area contributed by atoms with Crippen molar-refractivity contribution in [2.24, 2.45) is 0 Å². The second-order valence-corrected chi connectivity index (χ2v) is 11.7. The molecule has 2 aromatic rings. The van der Waals surface area contributed by atoms with Crippen molar-refractivity contribution in [2.75, 3.05) is 64.3 Å². The second kappa shape index (κ2) is 9.02. The van der Waals surface area contributed by atoms with Gasteiger partial charge in [0.2, 0.25) is 20.0 Å². The molecule has 0 radical (unpaired) electrons. The molecule has 2 aliphatic heterocycles. The van der Waals surface area contributed by atoms with Crippen molar-refractivity contribution in [3.8, 4) is 0 Å². The first-order chi connectivity index (χ1) is 15.2. The van der Waals surface area contributed by atoms with Gasteiger partial charge in [0.15, 0.2) is 0 Å². The molecule has 3 heterocycles. The van der Waals surface area contributed by atoms with Crippen LogP contribution in [0.2, 0.25) is 0 Å². The van der Waals surface area contributed by atoms with Gasteiger partial charge in [-0.1, -0.05) is 12.1 Å². The van der Waals surface area contributed by atoms with Crippen LogP contribution in [0, 0.1) is 5.82 Å². The number of rotatable bonds is 5. The second-order valence-electron chi connectivity index (χ2n) is 7.88. The number of aromatic nitrogens is 1. The number of sulfonamides is 2. The lowest BCUT2D eigenvalue weighted by atomic mass is 10.3. The van der Waals surface area contributed by atoms with Crippen molar-refractivity contribution in [3.05, 3.63) is 48.4 Å². The zero-order chi connectivity index (χ0) is 22.9. The van der Waals surface area contributed by atoms with E-state index in [1.54, 1.807) is 12.1 Å². The number of hydrogen-bond acceptors (Lipinski definition) is 7. The van der Waals surface area contributed by atoms with Gasteiger partial charge in [-0.3, -0.25) is 0 Å². The van der Waals surface area contributed by atoms with Crippen LogP contribution < -0.4 is 4.90 Å². The molecule has 9 nitrogen and oxygen atoms in total. The number of nitrogens with zero attached hydrogens (tertiary/aromatic N) is 5. The molecule has 0 aliphatic carbocycles. The van der Waals surface area contributed by atoms with E-state index in [2.05, 4.69) is 9.88 Å². The molecule has 0 atom stereocenters. The molecule has 2 fully saturated rings. The number of anilines is 1. The van der Waals surface area contributed by atoms with Crippen molar-refractivity contribution in [1.82, 2.24) is 18.5 Å². The summed E-state index contributed by atoms with van der Waals surface area (Å²) in [4.78, 5) is 8.11. The van der Waals surface area contributed by atoms with E-state index in [0.717, 1.165) is 6.07 Å². The molecule has 0 saturated carbocycles. The molecule has 2 saturated heterocycles. The predicted molar refractivity (Wildman–Crippen MR) is 118 cm³/mol. The summed E-state index contributed by atoms with van der Waals surface area (Å²) in [5, 5.41) is 0. The van der Waals surface area contributed by atoms with Gasteiger partial charge in [-0.05, 0) is 31.3 Å². The Hall–Kier alpha value is -2.12. The third kappa shape index (κ3) is 4.50. The first-order valence-electron chi connectivity index (χ1n) is 10.3. The van der Waals surface area contributed by atoms with Gasteiger partial charge in [-0.15, -0.1) is 0 Å². The molecule has 0 bridgehead atoms. The molecule has 0 N–H and O–H groups in total. The van der Waals surface area contributed by atoms with Crippen LogP contribution in [0.25, 0.3) is 0 Å². The van der Waals surface area contributed by atoms with Crippen molar-refractivity contribution >= 4 is 25.9 Å². The zero-order valence-corrected chi connectivity index (χ0v) is 19.4. The average Bonchev–Trinajstić information content (AvgIpc) is 2.80. The number of benzene rings is 1. The summed E-state index contributed by atoms with van der Waals surface area (Å²) in [6.07, 6.45) is 1.35. The molecule has 0 amide bonds. The summed E-state index contributed by atoms with van der Waals surface area (Å²) in [7, 11) is -5.55. The third-order valence-corrected chi connectivity index (χ3v) is 9.65. The Balaban J connectivity index is 1.42. The van der Waals surface area contributed by atoms with Crippen LogP contribution in [0.3, 0.4) is 0 Å². The summed E-state index contributed by atoms with van der Waals surface area (Å²) < 4.78 is 67.9. The minimum atomic E-state index is -3.92. The average molecular weight is 484 g/mol. The van der Waals surface area contributed by atoms with Gasteiger partial charge in [-0.2, -0.15) is 8.61 Å². The van der Waals surface area contributed by atoms with Gasteiger partial charge < -0.3 is 9.80 Å². The molecule has 1 aromatic carbocycles. The van der Waals surface area contributed by atoms with Crippen molar-refractivity contribution in [3.63, 3.8) is 0 Å². The fourth-order valence-corrected chi connectivity index (χ4v) is 6.70. The molecular weight excluding hydrogens is 457 g/mol. The zero-order valence-electron chi connectivity index (χ0n) is 17.8. The highest BCUT2D eigenvalue weighted by atomic mass is 32.2. The Bertz CT molecular complexity index is 1160. The fraction of sp³-hybridized carbons (Fsp3) is 0.450. The van der Waals surface area contributed by atoms with Crippen molar-refractivity contribution in [2.45, 2.75) is 9.79 Å². The minimum Gasteiger partial charge on any atom is -0.354 e. The summed E-state index contributed by atoms with van der Waals surface area (Å²) in [6.45, 7) is 3.35. The maximum atomic E-state index is 14.0. The van der Waals surface area contributed by atoms with Crippen LogP contribution in [0.1, 0.15) is 0 Å². The molecule has 12 heteroatoms. The van der Waals surface area contributed by atoms with Gasteiger partial charge in [0, 0.05) is 58.6 Å². The van der Waals surface area contributed by atoms with E-state index in [9.17, 15) is 21.2 Å². The largest absolute Gasteiger partial charge is 0.354 e. The van der Waals surface area contributed by atoms with E-state index in [1.165, 1.54) is 33.0 Å². The minimum absolute atomic E-state index is 0.145. The lowest BCUT2D eigenvalue weighted by Gasteiger charge is -2.35. The molecule has 0 spiro atoms. The Labute approximate surface area is 188 Å². The van der Waals surface area contributed by atoms with Crippen molar-refractivity contribution in [1.29, 1.82) is 0 Å². The molecule has 1 aromatic heterocycles. The Morgan fingerprint density at radius 1 is 0.781 bits per heavy atom. The van der Waals surface area contributed by atoms with Gasteiger partial charge in [-0.25, -0.2) is 26.2 Å². The topological polar surface area (TPSA) is 94.1 Å². The number of halogens is 1. The Kier molecular flexibility index (Phi) is 6.50. The third-order valence-electron chi connectivity index (χ3n) is 5.84. The number of pyridine rings is 1. The van der Waals surface area contributed by atoms with Crippen LogP contribution in [0.5, 0.6) is 0 Å². The lowest BCUT2D eigenvalue weighted by molar-refractivity contribution is 0.222. The molecule has 0 unspecified atom stereocenters. The van der Waals surface area contributed by atoms with Gasteiger partial charge in [0.05, 0.1) is 0 Å². The van der Waals surface area contributed by atoms with Gasteiger partial charge in [0.1, 0.15) is 21.4 Å². The Morgan fingerprint density at radius 3 is 1.97 bits per heavy atom. The highest BCUT2D eigenvalue weighted by molar-refractivity contribution is 7.89. The number of likely N-dealkylation sites (N-methyl/N-ethyl adjacent to an activating group) is 1. The maximum absolute atomic E-state index is 14.0. The normalized spacial score (nSPS) is 19.9. The first-order valence-corrected chi connectivity index (χ1v) is 13.2. The highest BCUT2D eigenvalue weighted by Crippen LogP contribution is 2.23. The summed E-state index contributed by atoms with van der Waals surface area (Å²) in [5.41, 5.74) is 0. The number of piperazine rings is 2. The van der Waals surface area contributed by atoms with Crippen LogP contribution in [0.4, 0.5) is 10.2 Å². The van der Waals surface area contributed by atoms with Crippen LogP contribution in [-0.2, 0) is 20.0 Å². The van der Waals surface area contributed by atoms with Gasteiger partial charge >= 0.3 is 0 Å². The van der Waals surface area contributed by atoms with E-state index in [4.69, 9.17) is 0 Å². The monoisotopic (exact) mass is 483 g/mol. The van der Waals surface area contributed by atoms with Crippen LogP contribution in [0.15, 0.2) is 52.4 Å². The smallest absolute Gasteiger partial charge is 0.246 e. The predicted octanol–water partition coefficient (Wildman–Crippen LogP) is 0.668. The van der Waals surface area contributed by atoms with E-state index in [-0.39, 0.29) is 22.9 Å². The summed E-state index contributed by atoms with van der Waals surface area (Å²) >= 11 is 0. The van der Waals surface area contributed by atoms with Crippen LogP contribution >= 0.6 is 0 Å². The standard InChI is InChI=1S/C20H26FN5O4S2/c1-23-8-12-25(13-9-23)31(27,28)17-6-7-20(22-16-17)24-10-14-26(15-11-24)32(29,30)19-5-3-2-4-18(19)21/h2-7,16H,8-15H2,1H3. The maximum Gasteiger partial charge on any atom is 0.246 e. The van der Waals surface area contributed by atoms with E-state index >= 15 is 0 Å². The SMILES string of the molecule is CN1CCN(S(=O)(=O)c2ccc(N3CCN(S(=O)(=O)c4ccccc4F)CC3)nc2)CC1. The van der Waals surface area contributed by atoms with Crippen LogP contribution in [-0.4, -0.2) is 94.7 Å².